The maximum absolute atomic E-state index is 12.3. The molecule has 0 aromatic heterocycles. The molecule has 3 N–H and O–H groups in total. The highest BCUT2D eigenvalue weighted by molar-refractivity contribution is 7.92. The minimum atomic E-state index is -3.44. The number of aryl methyl sites for hydroxylation is 1. The van der Waals surface area contributed by atoms with Gasteiger partial charge in [-0.05, 0) is 48.2 Å². The average Bonchev–Trinajstić information content (AvgIpc) is 2.76. The van der Waals surface area contributed by atoms with E-state index in [4.69, 9.17) is 0 Å². The fourth-order valence-electron chi connectivity index (χ4n) is 3.53. The Morgan fingerprint density at radius 1 is 1.12 bits per heavy atom. The van der Waals surface area contributed by atoms with E-state index in [-0.39, 0.29) is 6.54 Å². The first-order valence-electron chi connectivity index (χ1n) is 10.2. The summed E-state index contributed by atoms with van der Waals surface area (Å²) in [6.07, 6.45) is 1.63. The second-order valence-corrected chi connectivity index (χ2v) is 9.85. The topological polar surface area (TPSA) is 119 Å². The fourth-order valence-corrected chi connectivity index (χ4v) is 4.52. The summed E-state index contributed by atoms with van der Waals surface area (Å²) in [4.78, 5) is 26.4. The van der Waals surface area contributed by atoms with Crippen LogP contribution in [-0.4, -0.2) is 58.8 Å². The second kappa shape index (κ2) is 9.58. The molecule has 2 amide bonds. The molecule has 1 atom stereocenters. The van der Waals surface area contributed by atoms with Gasteiger partial charge in [0.25, 0.3) is 0 Å². The number of aliphatic hydroxyl groups excluding tert-OH is 1. The van der Waals surface area contributed by atoms with Gasteiger partial charge in [-0.3, -0.25) is 13.9 Å². The Balaban J connectivity index is 1.60. The molecule has 0 spiro atoms. The predicted octanol–water partition coefficient (Wildman–Crippen LogP) is 1.25. The highest BCUT2D eigenvalue weighted by Crippen LogP contribution is 2.31. The third-order valence-corrected chi connectivity index (χ3v) is 6.46. The molecule has 1 aliphatic rings. The van der Waals surface area contributed by atoms with E-state index in [0.29, 0.717) is 29.9 Å². The van der Waals surface area contributed by atoms with Crippen molar-refractivity contribution >= 4 is 38.9 Å². The van der Waals surface area contributed by atoms with Crippen molar-refractivity contribution in [1.82, 2.24) is 5.32 Å². The van der Waals surface area contributed by atoms with E-state index in [9.17, 15) is 23.1 Å². The van der Waals surface area contributed by atoms with Crippen molar-refractivity contribution in [3.05, 3.63) is 53.6 Å². The summed E-state index contributed by atoms with van der Waals surface area (Å²) in [6.45, 7) is 0.247. The van der Waals surface area contributed by atoms with E-state index in [1.54, 1.807) is 30.3 Å². The van der Waals surface area contributed by atoms with Gasteiger partial charge in [0.05, 0.1) is 18.0 Å². The summed E-state index contributed by atoms with van der Waals surface area (Å²) in [5.41, 5.74) is 3.29. The Morgan fingerprint density at radius 3 is 2.44 bits per heavy atom. The first-order valence-corrected chi connectivity index (χ1v) is 12.1. The van der Waals surface area contributed by atoms with Crippen LogP contribution in [0.4, 0.5) is 17.1 Å². The monoisotopic (exact) mass is 460 g/mol. The number of carbonyl (C=O) groups is 2. The number of carbonyl (C=O) groups excluding carboxylic acids is 2. The van der Waals surface area contributed by atoms with Crippen molar-refractivity contribution in [2.45, 2.75) is 18.9 Å². The molecule has 10 heteroatoms. The van der Waals surface area contributed by atoms with Crippen LogP contribution in [0, 0.1) is 0 Å². The number of anilines is 3. The SMILES string of the molecule is CN(C)c1ccc([C@@H](O)CNC(=O)C(=O)Nc2ccc3c(c2)N(S(C)(=O)=O)CCC3)cc1. The van der Waals surface area contributed by atoms with E-state index < -0.39 is 27.9 Å². The van der Waals surface area contributed by atoms with Gasteiger partial charge in [0, 0.05) is 38.6 Å². The third-order valence-electron chi connectivity index (χ3n) is 5.28. The summed E-state index contributed by atoms with van der Waals surface area (Å²) in [6, 6.07) is 12.2. The lowest BCUT2D eigenvalue weighted by atomic mass is 10.0. The van der Waals surface area contributed by atoms with Crippen molar-refractivity contribution in [1.29, 1.82) is 0 Å². The van der Waals surface area contributed by atoms with Crippen LogP contribution >= 0.6 is 0 Å². The van der Waals surface area contributed by atoms with Crippen LogP contribution in [-0.2, 0) is 26.0 Å². The molecule has 0 unspecified atom stereocenters. The summed E-state index contributed by atoms with van der Waals surface area (Å²) in [5.74, 6) is -1.80. The smallest absolute Gasteiger partial charge is 0.313 e. The number of aliphatic hydroxyl groups is 1. The number of hydrogen-bond donors (Lipinski definition) is 3. The van der Waals surface area contributed by atoms with Gasteiger partial charge >= 0.3 is 11.8 Å². The van der Waals surface area contributed by atoms with Gasteiger partial charge in [-0.25, -0.2) is 8.42 Å². The Kier molecular flexibility index (Phi) is 7.05. The van der Waals surface area contributed by atoms with Crippen LogP contribution in [0.5, 0.6) is 0 Å². The highest BCUT2D eigenvalue weighted by atomic mass is 32.2. The Morgan fingerprint density at radius 2 is 1.81 bits per heavy atom. The molecule has 0 aliphatic carbocycles. The van der Waals surface area contributed by atoms with Crippen molar-refractivity contribution in [2.75, 3.05) is 48.0 Å². The van der Waals surface area contributed by atoms with E-state index in [1.165, 1.54) is 4.31 Å². The van der Waals surface area contributed by atoms with Gasteiger partial charge < -0.3 is 20.6 Å². The minimum Gasteiger partial charge on any atom is -0.387 e. The third kappa shape index (κ3) is 5.57. The van der Waals surface area contributed by atoms with Gasteiger partial charge in [0.1, 0.15) is 0 Å². The lowest BCUT2D eigenvalue weighted by Gasteiger charge is -2.29. The van der Waals surface area contributed by atoms with Crippen molar-refractivity contribution in [3.8, 4) is 0 Å². The number of rotatable bonds is 6. The molecule has 2 aromatic carbocycles. The summed E-state index contributed by atoms with van der Waals surface area (Å²) < 4.78 is 25.4. The first kappa shape index (κ1) is 23.6. The number of nitrogens with zero attached hydrogens (tertiary/aromatic N) is 2. The molecule has 172 valence electrons. The Labute approximate surface area is 188 Å². The van der Waals surface area contributed by atoms with Crippen molar-refractivity contribution in [3.63, 3.8) is 0 Å². The van der Waals surface area contributed by atoms with Crippen LogP contribution in [0.3, 0.4) is 0 Å². The second-order valence-electron chi connectivity index (χ2n) is 7.95. The molecule has 32 heavy (non-hydrogen) atoms. The fraction of sp³-hybridized carbons (Fsp3) is 0.364. The quantitative estimate of drug-likeness (QED) is 0.559. The van der Waals surface area contributed by atoms with E-state index in [2.05, 4.69) is 10.6 Å². The molecule has 0 bridgehead atoms. The molecule has 0 saturated carbocycles. The van der Waals surface area contributed by atoms with Crippen LogP contribution < -0.4 is 19.8 Å². The first-order chi connectivity index (χ1) is 15.1. The largest absolute Gasteiger partial charge is 0.387 e. The normalized spacial score (nSPS) is 14.3. The molecular formula is C22H28N4O5S. The van der Waals surface area contributed by atoms with Gasteiger partial charge in [-0.15, -0.1) is 0 Å². The molecular weight excluding hydrogens is 432 g/mol. The lowest BCUT2D eigenvalue weighted by molar-refractivity contribution is -0.136. The van der Waals surface area contributed by atoms with Gasteiger partial charge in [-0.2, -0.15) is 0 Å². The molecule has 0 fully saturated rings. The lowest BCUT2D eigenvalue weighted by Crippen LogP contribution is -2.38. The summed E-state index contributed by atoms with van der Waals surface area (Å²) >= 11 is 0. The highest BCUT2D eigenvalue weighted by Gasteiger charge is 2.25. The Bertz CT molecular complexity index is 1100. The molecule has 0 radical (unpaired) electrons. The molecule has 9 nitrogen and oxygen atoms in total. The number of nitrogens with one attached hydrogen (secondary N) is 2. The number of benzene rings is 2. The van der Waals surface area contributed by atoms with Gasteiger partial charge in [-0.1, -0.05) is 18.2 Å². The molecule has 3 rings (SSSR count). The maximum atomic E-state index is 12.3. The summed E-state index contributed by atoms with van der Waals surface area (Å²) in [5, 5.41) is 15.2. The number of amides is 2. The predicted molar refractivity (Wildman–Crippen MR) is 124 cm³/mol. The number of fused-ring (bicyclic) bond motifs is 1. The van der Waals surface area contributed by atoms with Crippen LogP contribution in [0.1, 0.15) is 23.7 Å². The van der Waals surface area contributed by atoms with Crippen LogP contribution in [0.25, 0.3) is 0 Å². The van der Waals surface area contributed by atoms with Gasteiger partial charge in [0.2, 0.25) is 10.0 Å². The van der Waals surface area contributed by atoms with Crippen molar-refractivity contribution in [2.24, 2.45) is 0 Å². The zero-order valence-corrected chi connectivity index (χ0v) is 19.1. The summed E-state index contributed by atoms with van der Waals surface area (Å²) in [7, 11) is 0.374. The van der Waals surface area contributed by atoms with Gasteiger partial charge in [0.15, 0.2) is 0 Å². The molecule has 0 saturated heterocycles. The molecule has 1 heterocycles. The zero-order chi connectivity index (χ0) is 23.5. The molecule has 2 aromatic rings. The standard InChI is InChI=1S/C22H28N4O5S/c1-25(2)18-10-7-16(8-11-18)20(27)14-23-21(28)22(29)24-17-9-6-15-5-4-12-26(19(15)13-17)32(3,30)31/h6-11,13,20,27H,4-5,12,14H2,1-3H3,(H,23,28)(H,24,29)/t20-/m0/s1. The average molecular weight is 461 g/mol. The number of sulfonamides is 1. The van der Waals surface area contributed by atoms with Crippen LogP contribution in [0.2, 0.25) is 0 Å². The van der Waals surface area contributed by atoms with Crippen molar-refractivity contribution < 1.29 is 23.1 Å². The minimum absolute atomic E-state index is 0.125. The van der Waals surface area contributed by atoms with Crippen LogP contribution in [0.15, 0.2) is 42.5 Å². The maximum Gasteiger partial charge on any atom is 0.313 e. The number of hydrogen-bond acceptors (Lipinski definition) is 6. The van der Waals surface area contributed by atoms with E-state index in [0.717, 1.165) is 23.9 Å². The van der Waals surface area contributed by atoms with E-state index >= 15 is 0 Å². The zero-order valence-electron chi connectivity index (χ0n) is 18.3. The molecule has 1 aliphatic heterocycles. The Hall–Kier alpha value is -3.11. The van der Waals surface area contributed by atoms with E-state index in [1.807, 2.05) is 31.1 Å².